The molecule has 1 saturated heterocycles. The number of anilines is 1. The highest BCUT2D eigenvalue weighted by atomic mass is 79.9. The molecule has 1 fully saturated rings. The Hall–Kier alpha value is -1.40. The first-order valence-corrected chi connectivity index (χ1v) is 6.31. The summed E-state index contributed by atoms with van der Waals surface area (Å²) in [6.45, 7) is 0.116. The first-order chi connectivity index (χ1) is 8.52. The number of nitrogens with two attached hydrogens (primary N) is 1. The number of rotatable bonds is 3. The van der Waals surface area contributed by atoms with Crippen molar-refractivity contribution in [3.63, 3.8) is 0 Å². The molecule has 1 unspecified atom stereocenters. The number of nitrogens with zero attached hydrogens (tertiary/aromatic N) is 1. The predicted molar refractivity (Wildman–Crippen MR) is 69.7 cm³/mol. The van der Waals surface area contributed by atoms with Crippen LogP contribution in [0.1, 0.15) is 12.0 Å². The van der Waals surface area contributed by atoms with Gasteiger partial charge in [-0.15, -0.1) is 0 Å². The van der Waals surface area contributed by atoms with Crippen LogP contribution in [0.4, 0.5) is 5.69 Å². The molecule has 2 rings (SSSR count). The second-order valence-corrected chi connectivity index (χ2v) is 5.15. The molecule has 1 aliphatic heterocycles. The van der Waals surface area contributed by atoms with Crippen LogP contribution in [0.25, 0.3) is 0 Å². The van der Waals surface area contributed by atoms with E-state index in [9.17, 15) is 14.7 Å². The van der Waals surface area contributed by atoms with Crippen molar-refractivity contribution in [2.45, 2.75) is 13.0 Å². The fraction of sp³-hybridized carbons (Fsp3) is 0.333. The van der Waals surface area contributed by atoms with Gasteiger partial charge in [0.1, 0.15) is 0 Å². The molecule has 0 aromatic heterocycles. The zero-order chi connectivity index (χ0) is 13.3. The summed E-state index contributed by atoms with van der Waals surface area (Å²) in [4.78, 5) is 24.5. The standard InChI is InChI=1S/C12H13BrN2O3/c13-9-2-1-7(6-16)10(4-9)15-5-8(12(14)18)3-11(15)17/h1-2,4,8,16H,3,5-6H2,(H2,14,18). The molecule has 18 heavy (non-hydrogen) atoms. The van der Waals surface area contributed by atoms with Crippen LogP contribution in [0.2, 0.25) is 0 Å². The van der Waals surface area contributed by atoms with Gasteiger partial charge in [0, 0.05) is 23.0 Å². The van der Waals surface area contributed by atoms with Crippen LogP contribution in [0.3, 0.4) is 0 Å². The maximum Gasteiger partial charge on any atom is 0.227 e. The third kappa shape index (κ3) is 2.39. The van der Waals surface area contributed by atoms with Crippen LogP contribution in [-0.4, -0.2) is 23.5 Å². The third-order valence-electron chi connectivity index (χ3n) is 3.04. The summed E-state index contributed by atoms with van der Waals surface area (Å²) < 4.78 is 0.810. The van der Waals surface area contributed by atoms with Crippen LogP contribution in [0.15, 0.2) is 22.7 Å². The average Bonchev–Trinajstić information content (AvgIpc) is 2.71. The van der Waals surface area contributed by atoms with Gasteiger partial charge in [-0.3, -0.25) is 9.59 Å². The minimum Gasteiger partial charge on any atom is -0.392 e. The normalized spacial score (nSPS) is 19.3. The fourth-order valence-electron chi connectivity index (χ4n) is 2.05. The van der Waals surface area contributed by atoms with Crippen molar-refractivity contribution >= 4 is 33.4 Å². The van der Waals surface area contributed by atoms with Gasteiger partial charge in [0.05, 0.1) is 18.2 Å². The third-order valence-corrected chi connectivity index (χ3v) is 3.53. The van der Waals surface area contributed by atoms with Crippen molar-refractivity contribution in [1.29, 1.82) is 0 Å². The van der Waals surface area contributed by atoms with Crippen molar-refractivity contribution in [3.05, 3.63) is 28.2 Å². The number of aliphatic hydroxyl groups is 1. The van der Waals surface area contributed by atoms with Gasteiger partial charge >= 0.3 is 0 Å². The van der Waals surface area contributed by atoms with Gasteiger partial charge in [0.25, 0.3) is 0 Å². The van der Waals surface area contributed by atoms with Gasteiger partial charge in [-0.2, -0.15) is 0 Å². The lowest BCUT2D eigenvalue weighted by Gasteiger charge is -2.19. The molecule has 1 atom stereocenters. The predicted octanol–water partition coefficient (Wildman–Crippen LogP) is 0.780. The van der Waals surface area contributed by atoms with Crippen LogP contribution in [0.5, 0.6) is 0 Å². The van der Waals surface area contributed by atoms with E-state index in [2.05, 4.69) is 15.9 Å². The molecule has 1 aromatic rings. The molecule has 0 aliphatic carbocycles. The Labute approximate surface area is 113 Å². The Bertz CT molecular complexity index is 504. The molecule has 6 heteroatoms. The lowest BCUT2D eigenvalue weighted by Crippen LogP contribution is -2.29. The molecule has 1 heterocycles. The average molecular weight is 313 g/mol. The van der Waals surface area contributed by atoms with Crippen molar-refractivity contribution < 1.29 is 14.7 Å². The van der Waals surface area contributed by atoms with E-state index in [1.807, 2.05) is 0 Å². The minimum absolute atomic E-state index is 0.132. The minimum atomic E-state index is -0.466. The summed E-state index contributed by atoms with van der Waals surface area (Å²) in [6, 6.07) is 5.29. The summed E-state index contributed by atoms with van der Waals surface area (Å²) in [5.74, 6) is -1.07. The Morgan fingerprint density at radius 2 is 2.28 bits per heavy atom. The second-order valence-electron chi connectivity index (χ2n) is 4.24. The number of hydrogen-bond acceptors (Lipinski definition) is 3. The zero-order valence-corrected chi connectivity index (χ0v) is 11.2. The van der Waals surface area contributed by atoms with E-state index in [0.717, 1.165) is 4.47 Å². The lowest BCUT2D eigenvalue weighted by atomic mass is 10.1. The van der Waals surface area contributed by atoms with E-state index in [1.54, 1.807) is 18.2 Å². The molecule has 2 amide bonds. The molecule has 96 valence electrons. The lowest BCUT2D eigenvalue weighted by molar-refractivity contribution is -0.123. The van der Waals surface area contributed by atoms with Gasteiger partial charge in [0.2, 0.25) is 11.8 Å². The Morgan fingerprint density at radius 3 is 2.83 bits per heavy atom. The summed E-state index contributed by atoms with van der Waals surface area (Å²) in [6.07, 6.45) is 0.132. The molecule has 0 radical (unpaired) electrons. The number of carbonyl (C=O) groups is 2. The molecular weight excluding hydrogens is 300 g/mol. The number of aliphatic hydroxyl groups excluding tert-OH is 1. The van der Waals surface area contributed by atoms with Crippen LogP contribution >= 0.6 is 15.9 Å². The first kappa shape index (κ1) is 13.0. The van der Waals surface area contributed by atoms with Gasteiger partial charge < -0.3 is 15.7 Å². The number of halogens is 1. The molecule has 1 aromatic carbocycles. The SMILES string of the molecule is NC(=O)C1CC(=O)N(c2cc(Br)ccc2CO)C1. The summed E-state index contributed by atoms with van der Waals surface area (Å²) in [5, 5.41) is 9.29. The maximum atomic E-state index is 11.9. The molecule has 1 aliphatic rings. The van der Waals surface area contributed by atoms with Crippen LogP contribution in [-0.2, 0) is 16.2 Å². The molecule has 0 saturated carbocycles. The maximum absolute atomic E-state index is 11.9. The van der Waals surface area contributed by atoms with E-state index < -0.39 is 11.8 Å². The van der Waals surface area contributed by atoms with E-state index in [0.29, 0.717) is 11.3 Å². The number of hydrogen-bond donors (Lipinski definition) is 2. The zero-order valence-electron chi connectivity index (χ0n) is 9.60. The van der Waals surface area contributed by atoms with Gasteiger partial charge in [-0.1, -0.05) is 22.0 Å². The monoisotopic (exact) mass is 312 g/mol. The molecule has 5 nitrogen and oxygen atoms in total. The molecule has 0 spiro atoms. The number of primary amides is 1. The van der Waals surface area contributed by atoms with Gasteiger partial charge in [-0.25, -0.2) is 0 Å². The number of carbonyl (C=O) groups excluding carboxylic acids is 2. The highest BCUT2D eigenvalue weighted by Gasteiger charge is 2.34. The largest absolute Gasteiger partial charge is 0.392 e. The van der Waals surface area contributed by atoms with E-state index in [1.165, 1.54) is 4.90 Å². The highest BCUT2D eigenvalue weighted by Crippen LogP contribution is 2.30. The van der Waals surface area contributed by atoms with E-state index in [4.69, 9.17) is 5.73 Å². The topological polar surface area (TPSA) is 83.6 Å². The molecule has 3 N–H and O–H groups in total. The molecular formula is C12H13BrN2O3. The van der Waals surface area contributed by atoms with E-state index >= 15 is 0 Å². The summed E-state index contributed by atoms with van der Waals surface area (Å²) in [5.41, 5.74) is 6.50. The van der Waals surface area contributed by atoms with Gasteiger partial charge in [0.15, 0.2) is 0 Å². The van der Waals surface area contributed by atoms with Crippen LogP contribution in [0, 0.1) is 5.92 Å². The number of benzene rings is 1. The fourth-order valence-corrected chi connectivity index (χ4v) is 2.40. The van der Waals surface area contributed by atoms with Crippen LogP contribution < -0.4 is 10.6 Å². The quantitative estimate of drug-likeness (QED) is 0.865. The Balaban J connectivity index is 2.34. The number of amides is 2. The van der Waals surface area contributed by atoms with Crippen molar-refractivity contribution in [1.82, 2.24) is 0 Å². The smallest absolute Gasteiger partial charge is 0.227 e. The Kier molecular flexibility index (Phi) is 3.68. The van der Waals surface area contributed by atoms with Crippen molar-refractivity contribution in [3.8, 4) is 0 Å². The summed E-state index contributed by atoms with van der Waals surface area (Å²) in [7, 11) is 0. The molecule has 0 bridgehead atoms. The van der Waals surface area contributed by atoms with Crippen molar-refractivity contribution in [2.75, 3.05) is 11.4 Å². The van der Waals surface area contributed by atoms with Gasteiger partial charge in [-0.05, 0) is 12.1 Å². The second kappa shape index (κ2) is 5.07. The Morgan fingerprint density at radius 1 is 1.56 bits per heavy atom. The summed E-state index contributed by atoms with van der Waals surface area (Å²) >= 11 is 3.33. The van der Waals surface area contributed by atoms with E-state index in [-0.39, 0.29) is 25.5 Å². The highest BCUT2D eigenvalue weighted by molar-refractivity contribution is 9.10. The first-order valence-electron chi connectivity index (χ1n) is 5.52. The van der Waals surface area contributed by atoms with Crippen molar-refractivity contribution in [2.24, 2.45) is 11.7 Å².